The Kier molecular flexibility index (Phi) is 2.52. The highest BCUT2D eigenvalue weighted by atomic mass is 16.4. The fraction of sp³-hybridized carbons (Fsp3) is 0.154. The Morgan fingerprint density at radius 2 is 1.88 bits per heavy atom. The first kappa shape index (κ1) is 10.5. The van der Waals surface area contributed by atoms with Crippen molar-refractivity contribution < 1.29 is 15.0 Å². The van der Waals surface area contributed by atoms with Gasteiger partial charge in [-0.3, -0.25) is 4.79 Å². The minimum Gasteiger partial charge on any atom is -0.508 e. The lowest BCUT2D eigenvalue weighted by Crippen LogP contribution is -2.08. The molecule has 0 aliphatic carbocycles. The molecular weight excluding hydrogens is 204 g/mol. The molecule has 0 aromatic heterocycles. The summed E-state index contributed by atoms with van der Waals surface area (Å²) in [5.41, 5.74) is 0.477. The molecule has 2 N–H and O–H groups in total. The summed E-state index contributed by atoms with van der Waals surface area (Å²) in [6.45, 7) is 1.57. The lowest BCUT2D eigenvalue weighted by molar-refractivity contribution is -0.138. The fourth-order valence-electron chi connectivity index (χ4n) is 1.86. The summed E-state index contributed by atoms with van der Waals surface area (Å²) in [5.74, 6) is -1.62. The Labute approximate surface area is 93.0 Å². The molecule has 1 atom stereocenters. The molecule has 0 amide bonds. The summed E-state index contributed by atoms with van der Waals surface area (Å²) in [5, 5.41) is 20.5. The normalized spacial score (nSPS) is 12.6. The van der Waals surface area contributed by atoms with Crippen molar-refractivity contribution in [2.24, 2.45) is 0 Å². The molecule has 16 heavy (non-hydrogen) atoms. The van der Waals surface area contributed by atoms with Gasteiger partial charge in [0.15, 0.2) is 0 Å². The van der Waals surface area contributed by atoms with Gasteiger partial charge < -0.3 is 10.2 Å². The molecule has 0 saturated carbocycles. The second-order valence-corrected chi connectivity index (χ2v) is 3.78. The molecule has 0 saturated heterocycles. The van der Waals surface area contributed by atoms with Crippen LogP contribution in [0.1, 0.15) is 18.4 Å². The van der Waals surface area contributed by atoms with Gasteiger partial charge in [-0.2, -0.15) is 0 Å². The number of aromatic hydroxyl groups is 1. The van der Waals surface area contributed by atoms with Crippen LogP contribution in [0, 0.1) is 0 Å². The van der Waals surface area contributed by atoms with Gasteiger partial charge in [0.05, 0.1) is 5.92 Å². The first-order valence-electron chi connectivity index (χ1n) is 5.04. The third kappa shape index (κ3) is 1.60. The SMILES string of the molecule is CC(C(=O)O)c1c(O)ccc2ccccc12. The van der Waals surface area contributed by atoms with Crippen LogP contribution in [-0.4, -0.2) is 16.2 Å². The first-order valence-corrected chi connectivity index (χ1v) is 5.04. The number of hydrogen-bond donors (Lipinski definition) is 2. The quantitative estimate of drug-likeness (QED) is 0.811. The number of phenols is 1. The molecule has 1 unspecified atom stereocenters. The molecule has 3 heteroatoms. The van der Waals surface area contributed by atoms with E-state index < -0.39 is 11.9 Å². The minimum atomic E-state index is -0.938. The first-order chi connectivity index (χ1) is 7.61. The second-order valence-electron chi connectivity index (χ2n) is 3.78. The van der Waals surface area contributed by atoms with Crippen molar-refractivity contribution in [3.8, 4) is 5.75 Å². The largest absolute Gasteiger partial charge is 0.508 e. The van der Waals surface area contributed by atoms with E-state index in [0.29, 0.717) is 5.56 Å². The Balaban J connectivity index is 2.75. The molecule has 2 rings (SSSR count). The zero-order chi connectivity index (χ0) is 11.7. The van der Waals surface area contributed by atoms with E-state index in [9.17, 15) is 9.90 Å². The maximum absolute atomic E-state index is 11.0. The molecule has 0 heterocycles. The number of rotatable bonds is 2. The van der Waals surface area contributed by atoms with Crippen LogP contribution in [0.2, 0.25) is 0 Å². The molecule has 2 aromatic carbocycles. The summed E-state index contributed by atoms with van der Waals surface area (Å²) in [7, 11) is 0. The van der Waals surface area contributed by atoms with E-state index in [1.165, 1.54) is 6.07 Å². The summed E-state index contributed by atoms with van der Waals surface area (Å²) in [6, 6.07) is 10.8. The van der Waals surface area contributed by atoms with Gasteiger partial charge in [-0.1, -0.05) is 30.3 Å². The van der Waals surface area contributed by atoms with E-state index >= 15 is 0 Å². The van der Waals surface area contributed by atoms with Crippen LogP contribution >= 0.6 is 0 Å². The Morgan fingerprint density at radius 3 is 2.56 bits per heavy atom. The fourth-order valence-corrected chi connectivity index (χ4v) is 1.86. The Hall–Kier alpha value is -2.03. The topological polar surface area (TPSA) is 57.5 Å². The van der Waals surface area contributed by atoms with Crippen molar-refractivity contribution in [2.45, 2.75) is 12.8 Å². The lowest BCUT2D eigenvalue weighted by atomic mass is 9.94. The van der Waals surface area contributed by atoms with E-state index in [4.69, 9.17) is 5.11 Å². The molecule has 2 aromatic rings. The van der Waals surface area contributed by atoms with Crippen LogP contribution in [0.5, 0.6) is 5.75 Å². The van der Waals surface area contributed by atoms with Crippen molar-refractivity contribution in [3.05, 3.63) is 42.0 Å². The maximum Gasteiger partial charge on any atom is 0.310 e. The van der Waals surface area contributed by atoms with Gasteiger partial charge in [-0.15, -0.1) is 0 Å². The Morgan fingerprint density at radius 1 is 1.19 bits per heavy atom. The van der Waals surface area contributed by atoms with Crippen LogP contribution in [0.3, 0.4) is 0 Å². The summed E-state index contributed by atoms with van der Waals surface area (Å²) < 4.78 is 0. The molecule has 0 bridgehead atoms. The number of aliphatic carboxylic acids is 1. The molecule has 3 nitrogen and oxygen atoms in total. The van der Waals surface area contributed by atoms with Crippen molar-refractivity contribution in [2.75, 3.05) is 0 Å². The average Bonchev–Trinajstić information content (AvgIpc) is 2.28. The molecule has 0 aliphatic rings. The third-order valence-electron chi connectivity index (χ3n) is 2.75. The van der Waals surface area contributed by atoms with Crippen molar-refractivity contribution >= 4 is 16.7 Å². The molecule has 0 spiro atoms. The minimum absolute atomic E-state index is 0.0357. The third-order valence-corrected chi connectivity index (χ3v) is 2.75. The zero-order valence-corrected chi connectivity index (χ0v) is 8.84. The summed E-state index contributed by atoms with van der Waals surface area (Å²) in [6.07, 6.45) is 0. The van der Waals surface area contributed by atoms with Crippen LogP contribution < -0.4 is 0 Å². The summed E-state index contributed by atoms with van der Waals surface area (Å²) >= 11 is 0. The second kappa shape index (κ2) is 3.85. The number of carboxylic acids is 1. The van der Waals surface area contributed by atoms with Gasteiger partial charge in [-0.05, 0) is 23.8 Å². The maximum atomic E-state index is 11.0. The van der Waals surface area contributed by atoms with Crippen LogP contribution in [0.25, 0.3) is 10.8 Å². The van der Waals surface area contributed by atoms with Crippen LogP contribution in [-0.2, 0) is 4.79 Å². The van der Waals surface area contributed by atoms with E-state index in [0.717, 1.165) is 10.8 Å². The van der Waals surface area contributed by atoms with E-state index in [1.54, 1.807) is 13.0 Å². The smallest absolute Gasteiger partial charge is 0.310 e. The number of carbonyl (C=O) groups is 1. The number of fused-ring (bicyclic) bond motifs is 1. The lowest BCUT2D eigenvalue weighted by Gasteiger charge is -2.12. The number of carboxylic acid groups (broad SMARTS) is 1. The van der Waals surface area contributed by atoms with Crippen LogP contribution in [0.15, 0.2) is 36.4 Å². The number of hydrogen-bond acceptors (Lipinski definition) is 2. The standard InChI is InChI=1S/C13H12O3/c1-8(13(15)16)12-10-5-3-2-4-9(10)6-7-11(12)14/h2-8,14H,1H3,(H,15,16). The highest BCUT2D eigenvalue weighted by Crippen LogP contribution is 2.33. The highest BCUT2D eigenvalue weighted by Gasteiger charge is 2.19. The van der Waals surface area contributed by atoms with Crippen LogP contribution in [0.4, 0.5) is 0 Å². The van der Waals surface area contributed by atoms with Gasteiger partial charge in [0.1, 0.15) is 5.75 Å². The summed E-state index contributed by atoms with van der Waals surface area (Å²) in [4.78, 5) is 11.0. The van der Waals surface area contributed by atoms with E-state index in [-0.39, 0.29) is 5.75 Å². The molecule has 0 aliphatic heterocycles. The van der Waals surface area contributed by atoms with Crippen molar-refractivity contribution in [1.29, 1.82) is 0 Å². The van der Waals surface area contributed by atoms with Crippen molar-refractivity contribution in [3.63, 3.8) is 0 Å². The van der Waals surface area contributed by atoms with E-state index in [2.05, 4.69) is 0 Å². The predicted molar refractivity (Wildman–Crippen MR) is 61.7 cm³/mol. The number of benzene rings is 2. The number of phenolic OH excluding ortho intramolecular Hbond substituents is 1. The van der Waals surface area contributed by atoms with Gasteiger partial charge in [-0.25, -0.2) is 0 Å². The Bertz CT molecular complexity index is 546. The highest BCUT2D eigenvalue weighted by molar-refractivity contribution is 5.92. The molecule has 0 radical (unpaired) electrons. The van der Waals surface area contributed by atoms with Crippen molar-refractivity contribution in [1.82, 2.24) is 0 Å². The molecule has 0 fully saturated rings. The average molecular weight is 216 g/mol. The van der Waals surface area contributed by atoms with Gasteiger partial charge in [0, 0.05) is 5.56 Å². The van der Waals surface area contributed by atoms with Gasteiger partial charge >= 0.3 is 5.97 Å². The predicted octanol–water partition coefficient (Wildman–Crippen LogP) is 2.73. The van der Waals surface area contributed by atoms with Gasteiger partial charge in [0.2, 0.25) is 0 Å². The van der Waals surface area contributed by atoms with E-state index in [1.807, 2.05) is 24.3 Å². The zero-order valence-electron chi connectivity index (χ0n) is 8.84. The molecular formula is C13H12O3. The monoisotopic (exact) mass is 216 g/mol. The van der Waals surface area contributed by atoms with Gasteiger partial charge in [0.25, 0.3) is 0 Å². The molecule has 82 valence electrons.